The Balaban J connectivity index is 1.35. The van der Waals surface area contributed by atoms with Gasteiger partial charge < -0.3 is 19.3 Å². The molecular weight excluding hydrogens is 380 g/mol. The monoisotopic (exact) mass is 406 g/mol. The Hall–Kier alpha value is -3.15. The molecule has 1 heterocycles. The quantitative estimate of drug-likeness (QED) is 0.711. The average Bonchev–Trinajstić information content (AvgIpc) is 3.11. The number of ether oxygens (including phenoxy) is 1. The molecule has 1 fully saturated rings. The summed E-state index contributed by atoms with van der Waals surface area (Å²) in [5.74, 6) is 0.0689. The first-order valence-electron chi connectivity index (χ1n) is 10.4. The highest BCUT2D eigenvalue weighted by atomic mass is 16.6. The first-order chi connectivity index (χ1) is 14.6. The number of benzene rings is 2. The Kier molecular flexibility index (Phi) is 5.84. The van der Waals surface area contributed by atoms with Crippen molar-refractivity contribution in [2.75, 3.05) is 26.7 Å². The molecule has 4 rings (SSSR count). The lowest BCUT2D eigenvalue weighted by molar-refractivity contribution is -0.133. The first-order valence-corrected chi connectivity index (χ1v) is 10.4. The van der Waals surface area contributed by atoms with Crippen LogP contribution >= 0.6 is 0 Å². The molecule has 30 heavy (non-hydrogen) atoms. The second-order valence-corrected chi connectivity index (χ2v) is 7.96. The van der Waals surface area contributed by atoms with E-state index in [1.165, 1.54) is 4.90 Å². The molecule has 2 aromatic rings. The zero-order valence-corrected chi connectivity index (χ0v) is 17.1. The van der Waals surface area contributed by atoms with Gasteiger partial charge >= 0.3 is 6.09 Å². The predicted octanol–water partition coefficient (Wildman–Crippen LogP) is 3.65. The first kappa shape index (κ1) is 20.1. The molecule has 0 saturated carbocycles. The highest BCUT2D eigenvalue weighted by Gasteiger charge is 2.32. The van der Waals surface area contributed by atoms with E-state index < -0.39 is 12.2 Å². The number of carbonyl (C=O) groups is 3. The Morgan fingerprint density at radius 2 is 1.60 bits per heavy atom. The molecule has 0 spiro atoms. The third-order valence-corrected chi connectivity index (χ3v) is 6.05. The number of carbonyl (C=O) groups excluding carboxylic acids is 3. The van der Waals surface area contributed by atoms with Gasteiger partial charge in [-0.05, 0) is 24.0 Å². The average molecular weight is 406 g/mol. The maximum atomic E-state index is 12.7. The van der Waals surface area contributed by atoms with E-state index in [2.05, 4.69) is 0 Å². The number of nitrogens with zero attached hydrogens (tertiary/aromatic N) is 2. The van der Waals surface area contributed by atoms with E-state index in [1.54, 1.807) is 11.9 Å². The van der Waals surface area contributed by atoms with Crippen molar-refractivity contribution in [2.24, 2.45) is 5.92 Å². The molecule has 0 atom stereocenters. The molecule has 2 aromatic carbocycles. The standard InChI is InChI=1S/C24H26N2O4/c1-25(13-12-22(28)26-14-10-17(16-27)11-15-26)24(29)30-23-20-8-4-2-6-18(20)19-7-3-5-9-21(19)23/h2-9,16-17,23H,10-15H2,1H3. The lowest BCUT2D eigenvalue weighted by atomic mass is 9.98. The van der Waals surface area contributed by atoms with E-state index in [0.717, 1.165) is 28.5 Å². The molecule has 0 N–H and O–H groups in total. The van der Waals surface area contributed by atoms with Crippen molar-refractivity contribution in [3.63, 3.8) is 0 Å². The number of piperidine rings is 1. The second kappa shape index (κ2) is 8.69. The largest absolute Gasteiger partial charge is 0.436 e. The fourth-order valence-corrected chi connectivity index (χ4v) is 4.22. The minimum Gasteiger partial charge on any atom is -0.436 e. The zero-order chi connectivity index (χ0) is 21.1. The van der Waals surface area contributed by atoms with Gasteiger partial charge in [-0.2, -0.15) is 0 Å². The van der Waals surface area contributed by atoms with Crippen LogP contribution in [0.5, 0.6) is 0 Å². The second-order valence-electron chi connectivity index (χ2n) is 7.96. The number of rotatable bonds is 5. The summed E-state index contributed by atoms with van der Waals surface area (Å²) in [4.78, 5) is 39.3. The van der Waals surface area contributed by atoms with Crippen molar-refractivity contribution in [2.45, 2.75) is 25.4 Å². The van der Waals surface area contributed by atoms with E-state index >= 15 is 0 Å². The van der Waals surface area contributed by atoms with E-state index in [0.29, 0.717) is 32.5 Å². The number of hydrogen-bond donors (Lipinski definition) is 0. The Labute approximate surface area is 176 Å². The van der Waals surface area contributed by atoms with Crippen molar-refractivity contribution in [1.82, 2.24) is 9.80 Å². The molecule has 0 unspecified atom stereocenters. The van der Waals surface area contributed by atoms with E-state index in [-0.39, 0.29) is 18.2 Å². The van der Waals surface area contributed by atoms with Gasteiger partial charge in [0.2, 0.25) is 5.91 Å². The van der Waals surface area contributed by atoms with Gasteiger partial charge in [-0.3, -0.25) is 4.79 Å². The van der Waals surface area contributed by atoms with Crippen LogP contribution in [-0.2, 0) is 14.3 Å². The fraction of sp³-hybridized carbons (Fsp3) is 0.375. The third-order valence-electron chi connectivity index (χ3n) is 6.05. The van der Waals surface area contributed by atoms with Gasteiger partial charge in [0, 0.05) is 50.1 Å². The number of amides is 2. The van der Waals surface area contributed by atoms with Crippen LogP contribution in [0.1, 0.15) is 36.5 Å². The van der Waals surface area contributed by atoms with Gasteiger partial charge in [-0.25, -0.2) is 4.79 Å². The highest BCUT2D eigenvalue weighted by molar-refractivity contribution is 5.80. The van der Waals surface area contributed by atoms with Crippen LogP contribution in [0.4, 0.5) is 4.79 Å². The summed E-state index contributed by atoms with van der Waals surface area (Å²) in [7, 11) is 1.65. The summed E-state index contributed by atoms with van der Waals surface area (Å²) in [5.41, 5.74) is 4.13. The molecule has 2 aliphatic rings. The zero-order valence-electron chi connectivity index (χ0n) is 17.1. The summed E-state index contributed by atoms with van der Waals surface area (Å²) >= 11 is 0. The normalized spacial score (nSPS) is 16.0. The maximum Gasteiger partial charge on any atom is 0.410 e. The van der Waals surface area contributed by atoms with Crippen molar-refractivity contribution < 1.29 is 19.1 Å². The van der Waals surface area contributed by atoms with Gasteiger partial charge in [-0.15, -0.1) is 0 Å². The van der Waals surface area contributed by atoms with Crippen LogP contribution in [0.3, 0.4) is 0 Å². The topological polar surface area (TPSA) is 66.9 Å². The Bertz CT molecular complexity index is 904. The summed E-state index contributed by atoms with van der Waals surface area (Å²) in [5, 5.41) is 0. The van der Waals surface area contributed by atoms with Crippen molar-refractivity contribution >= 4 is 18.3 Å². The van der Waals surface area contributed by atoms with Crippen LogP contribution in [0.2, 0.25) is 0 Å². The molecule has 2 amide bonds. The fourth-order valence-electron chi connectivity index (χ4n) is 4.22. The van der Waals surface area contributed by atoms with Gasteiger partial charge in [0.1, 0.15) is 6.29 Å². The number of aldehydes is 1. The molecule has 0 radical (unpaired) electrons. The SMILES string of the molecule is CN(CCC(=O)N1CCC(C=O)CC1)C(=O)OC1c2ccccc2-c2ccccc21. The molecule has 0 bridgehead atoms. The van der Waals surface area contributed by atoms with Gasteiger partial charge in [0.15, 0.2) is 6.10 Å². The summed E-state index contributed by atoms with van der Waals surface area (Å²) in [6, 6.07) is 15.9. The Morgan fingerprint density at radius 3 is 2.17 bits per heavy atom. The highest BCUT2D eigenvalue weighted by Crippen LogP contribution is 2.45. The van der Waals surface area contributed by atoms with E-state index in [9.17, 15) is 14.4 Å². The minimum atomic E-state index is -0.445. The summed E-state index contributed by atoms with van der Waals surface area (Å²) in [6.07, 6.45) is 1.77. The third kappa shape index (κ3) is 3.95. The number of fused-ring (bicyclic) bond motifs is 3. The minimum absolute atomic E-state index is 0.00977. The smallest absolute Gasteiger partial charge is 0.410 e. The summed E-state index contributed by atoms with van der Waals surface area (Å²) < 4.78 is 5.86. The molecule has 0 aromatic heterocycles. The van der Waals surface area contributed by atoms with E-state index in [4.69, 9.17) is 4.74 Å². The predicted molar refractivity (Wildman–Crippen MR) is 113 cm³/mol. The van der Waals surface area contributed by atoms with Crippen molar-refractivity contribution in [3.8, 4) is 11.1 Å². The van der Waals surface area contributed by atoms with Gasteiger partial charge in [0.05, 0.1) is 0 Å². The lowest BCUT2D eigenvalue weighted by Crippen LogP contribution is -2.40. The molecule has 156 valence electrons. The lowest BCUT2D eigenvalue weighted by Gasteiger charge is -2.30. The van der Waals surface area contributed by atoms with Crippen LogP contribution < -0.4 is 0 Å². The van der Waals surface area contributed by atoms with Crippen LogP contribution in [0, 0.1) is 5.92 Å². The van der Waals surface area contributed by atoms with E-state index in [1.807, 2.05) is 48.5 Å². The molecular formula is C24H26N2O4. The Morgan fingerprint density at radius 1 is 1.03 bits per heavy atom. The molecule has 6 heteroatoms. The number of hydrogen-bond acceptors (Lipinski definition) is 4. The van der Waals surface area contributed by atoms with Crippen LogP contribution in [-0.4, -0.2) is 54.8 Å². The van der Waals surface area contributed by atoms with Gasteiger partial charge in [-0.1, -0.05) is 48.5 Å². The van der Waals surface area contributed by atoms with Crippen molar-refractivity contribution in [1.29, 1.82) is 0 Å². The number of likely N-dealkylation sites (tertiary alicyclic amines) is 1. The summed E-state index contributed by atoms with van der Waals surface area (Å²) in [6.45, 7) is 1.50. The molecule has 1 aliphatic carbocycles. The molecule has 6 nitrogen and oxygen atoms in total. The van der Waals surface area contributed by atoms with Gasteiger partial charge in [0.25, 0.3) is 0 Å². The maximum absolute atomic E-state index is 12.7. The van der Waals surface area contributed by atoms with Crippen LogP contribution in [0.25, 0.3) is 11.1 Å². The molecule has 1 saturated heterocycles. The van der Waals surface area contributed by atoms with Crippen molar-refractivity contribution in [3.05, 3.63) is 59.7 Å². The van der Waals surface area contributed by atoms with Crippen LogP contribution in [0.15, 0.2) is 48.5 Å². The molecule has 1 aliphatic heterocycles.